The molecule has 9 heteroatoms. The number of hydrazine groups is 1. The number of ether oxygens (including phenoxy) is 1. The molecule has 9 nitrogen and oxygen atoms in total. The number of cyclic esters (lactones) is 1. The predicted octanol–water partition coefficient (Wildman–Crippen LogP) is 2.67. The number of aryl methyl sites for hydroxylation is 1. The summed E-state index contributed by atoms with van der Waals surface area (Å²) in [7, 11) is 0. The van der Waals surface area contributed by atoms with Gasteiger partial charge in [0.05, 0.1) is 23.7 Å². The van der Waals surface area contributed by atoms with Crippen LogP contribution in [-0.2, 0) is 27.3 Å². The van der Waals surface area contributed by atoms with Gasteiger partial charge in [0, 0.05) is 18.5 Å². The zero-order chi connectivity index (χ0) is 25.6. The lowest BCUT2D eigenvalue weighted by Gasteiger charge is -2.35. The molecular formula is C27H33N5O4. The molecule has 3 heterocycles. The summed E-state index contributed by atoms with van der Waals surface area (Å²) in [6.07, 6.45) is 1.51. The quantitative estimate of drug-likeness (QED) is 0.413. The molecule has 3 aromatic rings. The lowest BCUT2D eigenvalue weighted by molar-refractivity contribution is -0.155. The Morgan fingerprint density at radius 1 is 1.17 bits per heavy atom. The van der Waals surface area contributed by atoms with Crippen LogP contribution in [0.3, 0.4) is 0 Å². The summed E-state index contributed by atoms with van der Waals surface area (Å²) in [6.45, 7) is 7.38. The number of aromatic nitrogens is 2. The summed E-state index contributed by atoms with van der Waals surface area (Å²) in [5.74, 6) is 0.324. The molecule has 2 aliphatic rings. The van der Waals surface area contributed by atoms with Crippen LogP contribution in [0, 0.1) is 12.3 Å². The Morgan fingerprint density at radius 2 is 1.97 bits per heavy atom. The van der Waals surface area contributed by atoms with Gasteiger partial charge in [0.15, 0.2) is 0 Å². The van der Waals surface area contributed by atoms with Crippen LogP contribution in [0.5, 0.6) is 5.75 Å². The first-order chi connectivity index (χ1) is 17.1. The number of esters is 1. The van der Waals surface area contributed by atoms with E-state index in [1.54, 1.807) is 12.1 Å². The number of nitrogens with zero attached hydrogens (tertiary/aromatic N) is 3. The number of carbonyl (C=O) groups excluding carboxylic acids is 2. The topological polar surface area (TPSA) is 123 Å². The molecule has 5 rings (SSSR count). The van der Waals surface area contributed by atoms with Crippen molar-refractivity contribution < 1.29 is 19.4 Å². The first-order valence-corrected chi connectivity index (χ1v) is 12.4. The van der Waals surface area contributed by atoms with Crippen LogP contribution in [0.25, 0.3) is 22.2 Å². The van der Waals surface area contributed by atoms with Crippen LogP contribution in [0.15, 0.2) is 36.4 Å². The van der Waals surface area contributed by atoms with E-state index in [9.17, 15) is 14.7 Å². The highest BCUT2D eigenvalue weighted by Gasteiger charge is 2.33. The second-order valence-electron chi connectivity index (χ2n) is 10.7. The summed E-state index contributed by atoms with van der Waals surface area (Å²) >= 11 is 0. The van der Waals surface area contributed by atoms with E-state index in [-0.39, 0.29) is 36.1 Å². The van der Waals surface area contributed by atoms with E-state index in [0.717, 1.165) is 33.5 Å². The predicted molar refractivity (Wildman–Crippen MR) is 136 cm³/mol. The van der Waals surface area contributed by atoms with E-state index < -0.39 is 12.1 Å². The van der Waals surface area contributed by atoms with Gasteiger partial charge in [-0.1, -0.05) is 26.0 Å². The molecule has 0 aliphatic carbocycles. The number of aromatic hydroxyl groups is 1. The van der Waals surface area contributed by atoms with Crippen LogP contribution < -0.4 is 11.2 Å². The second kappa shape index (κ2) is 9.22. The average molecular weight is 492 g/mol. The zero-order valence-electron chi connectivity index (χ0n) is 21.0. The maximum atomic E-state index is 13.1. The highest BCUT2D eigenvalue weighted by molar-refractivity contribution is 5.84. The van der Waals surface area contributed by atoms with Gasteiger partial charge in [-0.3, -0.25) is 14.6 Å². The highest BCUT2D eigenvalue weighted by atomic mass is 16.5. The first-order valence-electron chi connectivity index (χ1n) is 12.4. The molecule has 2 aromatic carbocycles. The normalized spacial score (nSPS) is 22.8. The molecule has 190 valence electrons. The Morgan fingerprint density at radius 3 is 2.78 bits per heavy atom. The number of phenols is 1. The molecule has 1 saturated heterocycles. The van der Waals surface area contributed by atoms with E-state index in [2.05, 4.69) is 29.9 Å². The Balaban J connectivity index is 1.59. The number of nitrogens with one attached hydrogen (secondary N) is 1. The highest BCUT2D eigenvalue weighted by Crippen LogP contribution is 2.31. The molecule has 0 spiro atoms. The van der Waals surface area contributed by atoms with Crippen molar-refractivity contribution in [1.82, 2.24) is 20.0 Å². The Labute approximate surface area is 210 Å². The number of hydrogen-bond acceptors (Lipinski definition) is 7. The van der Waals surface area contributed by atoms with Crippen molar-refractivity contribution in [2.75, 3.05) is 13.2 Å². The number of benzene rings is 2. The fraction of sp³-hybridized carbons (Fsp3) is 0.444. The van der Waals surface area contributed by atoms with Crippen LogP contribution in [0.2, 0.25) is 0 Å². The fourth-order valence-corrected chi connectivity index (χ4v) is 5.08. The third kappa shape index (κ3) is 4.81. The molecule has 4 N–H and O–H groups in total. The monoisotopic (exact) mass is 491 g/mol. The molecule has 1 amide bonds. The lowest BCUT2D eigenvalue weighted by atomic mass is 9.94. The SMILES string of the molecule is Cc1nc2ccc3cc2n1CC(C)(C)COC(=O)[C@@H]1CCCN(N1)C(=O)[C@@H](N)Cc1cc(O)cc-3c1. The van der Waals surface area contributed by atoms with E-state index in [1.807, 2.05) is 25.1 Å². The van der Waals surface area contributed by atoms with Crippen molar-refractivity contribution in [1.29, 1.82) is 0 Å². The van der Waals surface area contributed by atoms with Crippen LogP contribution in [0.1, 0.15) is 38.1 Å². The molecule has 0 radical (unpaired) electrons. The minimum Gasteiger partial charge on any atom is -0.508 e. The van der Waals surface area contributed by atoms with Crippen LogP contribution in [0.4, 0.5) is 0 Å². The molecule has 2 aliphatic heterocycles. The molecule has 2 atom stereocenters. The molecule has 1 fully saturated rings. The maximum absolute atomic E-state index is 13.1. The van der Waals surface area contributed by atoms with Crippen molar-refractivity contribution in [2.45, 2.75) is 58.7 Å². The van der Waals surface area contributed by atoms with Gasteiger partial charge >= 0.3 is 5.97 Å². The Hall–Kier alpha value is -3.43. The smallest absolute Gasteiger partial charge is 0.324 e. The van der Waals surface area contributed by atoms with Gasteiger partial charge in [-0.15, -0.1) is 0 Å². The molecular weight excluding hydrogens is 458 g/mol. The molecule has 36 heavy (non-hydrogen) atoms. The maximum Gasteiger partial charge on any atom is 0.324 e. The van der Waals surface area contributed by atoms with Gasteiger partial charge in [-0.05, 0) is 67.1 Å². The van der Waals surface area contributed by atoms with E-state index in [4.69, 9.17) is 15.5 Å². The van der Waals surface area contributed by atoms with Crippen molar-refractivity contribution in [3.05, 3.63) is 47.8 Å². The number of imidazole rings is 1. The average Bonchev–Trinajstić information content (AvgIpc) is 3.14. The molecule has 6 bridgehead atoms. The minimum atomic E-state index is -0.828. The van der Waals surface area contributed by atoms with Crippen LogP contribution >= 0.6 is 0 Å². The van der Waals surface area contributed by atoms with Crippen molar-refractivity contribution >= 4 is 22.9 Å². The van der Waals surface area contributed by atoms with E-state index in [1.165, 1.54) is 5.01 Å². The summed E-state index contributed by atoms with van der Waals surface area (Å²) in [6, 6.07) is 9.88. The number of fused-ring (bicyclic) bond motifs is 6. The van der Waals surface area contributed by atoms with Crippen molar-refractivity contribution in [2.24, 2.45) is 11.1 Å². The molecule has 0 unspecified atom stereocenters. The fourth-order valence-electron chi connectivity index (χ4n) is 5.08. The summed E-state index contributed by atoms with van der Waals surface area (Å²) in [5, 5.41) is 11.9. The van der Waals surface area contributed by atoms with Crippen molar-refractivity contribution in [3.8, 4) is 16.9 Å². The van der Waals surface area contributed by atoms with Gasteiger partial charge in [0.2, 0.25) is 0 Å². The summed E-state index contributed by atoms with van der Waals surface area (Å²) in [5.41, 5.74) is 13.3. The standard InChI is InChI=1S/C27H33N5O4/c1-16-29-22-7-6-18-13-24(22)31(16)14-27(2,3)15-36-26(35)23-5-4-8-32(30-23)25(34)21(28)11-17-9-19(18)12-20(33)10-17/h6-7,9-10,12-13,21,23,30,33H,4-5,8,11,14-15,28H2,1-3H3/t21-,23-/m0/s1. The third-order valence-electron chi connectivity index (χ3n) is 6.95. The minimum absolute atomic E-state index is 0.112. The second-order valence-corrected chi connectivity index (χ2v) is 10.7. The number of amides is 1. The van der Waals surface area contributed by atoms with Gasteiger partial charge in [-0.2, -0.15) is 0 Å². The van der Waals surface area contributed by atoms with Gasteiger partial charge < -0.3 is 20.1 Å². The zero-order valence-corrected chi connectivity index (χ0v) is 21.0. The van der Waals surface area contributed by atoms with Gasteiger partial charge in [-0.25, -0.2) is 10.4 Å². The summed E-state index contributed by atoms with van der Waals surface area (Å²) < 4.78 is 7.88. The summed E-state index contributed by atoms with van der Waals surface area (Å²) in [4.78, 5) is 30.7. The van der Waals surface area contributed by atoms with Gasteiger partial charge in [0.1, 0.15) is 17.6 Å². The van der Waals surface area contributed by atoms with E-state index >= 15 is 0 Å². The van der Waals surface area contributed by atoms with Gasteiger partial charge in [0.25, 0.3) is 5.91 Å². The van der Waals surface area contributed by atoms with Crippen LogP contribution in [-0.4, -0.2) is 56.8 Å². The molecule has 1 aromatic heterocycles. The number of rotatable bonds is 0. The largest absolute Gasteiger partial charge is 0.508 e. The Bertz CT molecular complexity index is 1330. The third-order valence-corrected chi connectivity index (χ3v) is 6.95. The molecule has 0 saturated carbocycles. The number of carbonyl (C=O) groups is 2. The first kappa shape index (κ1) is 24.3. The number of nitrogens with two attached hydrogens (primary N) is 1. The Kier molecular flexibility index (Phi) is 6.22. The van der Waals surface area contributed by atoms with Crippen molar-refractivity contribution in [3.63, 3.8) is 0 Å². The number of hydrogen-bond donors (Lipinski definition) is 3. The van der Waals surface area contributed by atoms with E-state index in [0.29, 0.717) is 25.9 Å². The number of phenolic OH excluding ortho intramolecular Hbond substituents is 1. The lowest BCUT2D eigenvalue weighted by Crippen LogP contribution is -2.59.